The van der Waals surface area contributed by atoms with Crippen molar-refractivity contribution >= 4 is 15.7 Å². The third kappa shape index (κ3) is 3.72. The Morgan fingerprint density at radius 3 is 2.16 bits per heavy atom. The highest BCUT2D eigenvalue weighted by atomic mass is 32.2. The van der Waals surface area contributed by atoms with E-state index in [1.807, 2.05) is 0 Å². The molecule has 19 heavy (non-hydrogen) atoms. The lowest BCUT2D eigenvalue weighted by molar-refractivity contribution is -0.384. The number of aliphatic hydroxyl groups excluding tert-OH is 1. The summed E-state index contributed by atoms with van der Waals surface area (Å²) in [5.41, 5.74) is -1.23. The van der Waals surface area contributed by atoms with E-state index < -0.39 is 26.6 Å². The van der Waals surface area contributed by atoms with Gasteiger partial charge in [0.05, 0.1) is 21.5 Å². The maximum absolute atomic E-state index is 12.0. The molecule has 8 heteroatoms. The standard InChI is InChI=1S/C11H16N2O5S/c1-8(14)11(2,3)12-19(17,18)10-6-4-9(5-7-10)13(15)16/h4-8,12,14H,1-3H3. The zero-order valence-electron chi connectivity index (χ0n) is 10.8. The van der Waals surface area contributed by atoms with Gasteiger partial charge < -0.3 is 5.11 Å². The number of benzene rings is 1. The maximum Gasteiger partial charge on any atom is 0.269 e. The van der Waals surface area contributed by atoms with Crippen molar-refractivity contribution in [2.45, 2.75) is 37.3 Å². The molecule has 1 rings (SSSR count). The lowest BCUT2D eigenvalue weighted by atomic mass is 10.0. The number of aliphatic hydroxyl groups is 1. The fourth-order valence-corrected chi connectivity index (χ4v) is 2.71. The lowest BCUT2D eigenvalue weighted by Gasteiger charge is -2.28. The van der Waals surface area contributed by atoms with Gasteiger partial charge in [0.2, 0.25) is 10.0 Å². The smallest absolute Gasteiger partial charge is 0.269 e. The molecule has 0 saturated carbocycles. The molecule has 1 aromatic rings. The Labute approximate surface area is 111 Å². The van der Waals surface area contributed by atoms with Gasteiger partial charge in [-0.2, -0.15) is 0 Å². The third-order valence-corrected chi connectivity index (χ3v) is 4.49. The number of hydrogen-bond donors (Lipinski definition) is 2. The second-order valence-electron chi connectivity index (χ2n) is 4.75. The van der Waals surface area contributed by atoms with Crippen LogP contribution in [-0.4, -0.2) is 30.1 Å². The molecule has 0 radical (unpaired) electrons. The van der Waals surface area contributed by atoms with Gasteiger partial charge in [-0.1, -0.05) is 0 Å². The van der Waals surface area contributed by atoms with E-state index in [1.54, 1.807) is 13.8 Å². The number of nitrogens with zero attached hydrogens (tertiary/aromatic N) is 1. The summed E-state index contributed by atoms with van der Waals surface area (Å²) in [5, 5.41) is 20.0. The molecule has 0 spiro atoms. The van der Waals surface area contributed by atoms with Crippen molar-refractivity contribution in [2.75, 3.05) is 0 Å². The van der Waals surface area contributed by atoms with E-state index >= 15 is 0 Å². The summed E-state index contributed by atoms with van der Waals surface area (Å²) < 4.78 is 26.4. The number of nitro benzene ring substituents is 1. The van der Waals surface area contributed by atoms with E-state index in [9.17, 15) is 23.6 Å². The molecule has 1 atom stereocenters. The van der Waals surface area contributed by atoms with Crippen LogP contribution in [0.4, 0.5) is 5.69 Å². The number of hydrogen-bond acceptors (Lipinski definition) is 5. The van der Waals surface area contributed by atoms with Crippen LogP contribution in [0, 0.1) is 10.1 Å². The molecule has 0 aromatic heterocycles. The van der Waals surface area contributed by atoms with Crippen molar-refractivity contribution in [3.8, 4) is 0 Å². The second kappa shape index (κ2) is 5.24. The molecule has 0 saturated heterocycles. The Balaban J connectivity index is 3.04. The highest BCUT2D eigenvalue weighted by Gasteiger charge is 2.30. The first-order valence-electron chi connectivity index (χ1n) is 5.53. The molecular formula is C11H16N2O5S. The van der Waals surface area contributed by atoms with Crippen LogP contribution in [0.15, 0.2) is 29.2 Å². The van der Waals surface area contributed by atoms with Gasteiger partial charge in [-0.15, -0.1) is 0 Å². The summed E-state index contributed by atoms with van der Waals surface area (Å²) in [6.07, 6.45) is -0.889. The van der Waals surface area contributed by atoms with Crippen molar-refractivity contribution in [3.63, 3.8) is 0 Å². The molecule has 0 heterocycles. The molecule has 0 aliphatic heterocycles. The molecule has 1 unspecified atom stereocenters. The number of nitrogens with one attached hydrogen (secondary N) is 1. The minimum atomic E-state index is -3.84. The van der Waals surface area contributed by atoms with Gasteiger partial charge in [-0.05, 0) is 32.9 Å². The Kier molecular flexibility index (Phi) is 4.28. The maximum atomic E-state index is 12.0. The predicted octanol–water partition coefficient (Wildman–Crippen LogP) is 1.03. The average molecular weight is 288 g/mol. The molecule has 0 amide bonds. The summed E-state index contributed by atoms with van der Waals surface area (Å²) >= 11 is 0. The summed E-state index contributed by atoms with van der Waals surface area (Å²) in [6, 6.07) is 4.53. The van der Waals surface area contributed by atoms with Crippen LogP contribution >= 0.6 is 0 Å². The molecule has 2 N–H and O–H groups in total. The Bertz CT molecular complexity index is 563. The summed E-state index contributed by atoms with van der Waals surface area (Å²) in [7, 11) is -3.84. The minimum Gasteiger partial charge on any atom is -0.391 e. The van der Waals surface area contributed by atoms with E-state index in [4.69, 9.17) is 0 Å². The molecule has 0 fully saturated rings. The number of non-ortho nitro benzene ring substituents is 1. The Morgan fingerprint density at radius 1 is 1.32 bits per heavy atom. The van der Waals surface area contributed by atoms with Crippen molar-refractivity contribution in [2.24, 2.45) is 0 Å². The number of rotatable bonds is 5. The van der Waals surface area contributed by atoms with Crippen LogP contribution < -0.4 is 4.72 Å². The first-order valence-corrected chi connectivity index (χ1v) is 7.01. The summed E-state index contributed by atoms with van der Waals surface area (Å²) in [5.74, 6) is 0. The van der Waals surface area contributed by atoms with E-state index in [-0.39, 0.29) is 10.6 Å². The molecule has 1 aromatic carbocycles. The molecular weight excluding hydrogens is 272 g/mol. The van der Waals surface area contributed by atoms with Crippen molar-refractivity contribution in [1.82, 2.24) is 4.72 Å². The van der Waals surface area contributed by atoms with E-state index in [0.717, 1.165) is 24.3 Å². The van der Waals surface area contributed by atoms with E-state index in [1.165, 1.54) is 6.92 Å². The molecule has 0 aliphatic rings. The largest absolute Gasteiger partial charge is 0.391 e. The van der Waals surface area contributed by atoms with Crippen LogP contribution in [0.5, 0.6) is 0 Å². The molecule has 0 bridgehead atoms. The first kappa shape index (κ1) is 15.5. The van der Waals surface area contributed by atoms with Gasteiger partial charge in [-0.3, -0.25) is 10.1 Å². The van der Waals surface area contributed by atoms with E-state index in [0.29, 0.717) is 0 Å². The number of nitro groups is 1. The minimum absolute atomic E-state index is 0.0909. The topological polar surface area (TPSA) is 110 Å². The quantitative estimate of drug-likeness (QED) is 0.621. The summed E-state index contributed by atoms with van der Waals surface area (Å²) in [6.45, 7) is 4.56. The molecule has 7 nitrogen and oxygen atoms in total. The van der Waals surface area contributed by atoms with Gasteiger partial charge in [0.15, 0.2) is 0 Å². The lowest BCUT2D eigenvalue weighted by Crippen LogP contribution is -2.50. The zero-order valence-corrected chi connectivity index (χ0v) is 11.6. The Morgan fingerprint density at radius 2 is 1.79 bits per heavy atom. The van der Waals surface area contributed by atoms with Crippen LogP contribution in [0.2, 0.25) is 0 Å². The second-order valence-corrected chi connectivity index (χ2v) is 6.44. The van der Waals surface area contributed by atoms with Crippen molar-refractivity contribution in [3.05, 3.63) is 34.4 Å². The van der Waals surface area contributed by atoms with Crippen LogP contribution in [0.3, 0.4) is 0 Å². The van der Waals surface area contributed by atoms with E-state index in [2.05, 4.69) is 4.72 Å². The molecule has 106 valence electrons. The fraction of sp³-hybridized carbons (Fsp3) is 0.455. The zero-order chi connectivity index (χ0) is 14.8. The first-order chi connectivity index (χ1) is 8.56. The fourth-order valence-electron chi connectivity index (χ4n) is 1.24. The predicted molar refractivity (Wildman–Crippen MR) is 69.2 cm³/mol. The van der Waals surface area contributed by atoms with Crippen molar-refractivity contribution < 1.29 is 18.4 Å². The van der Waals surface area contributed by atoms with Gasteiger partial charge >= 0.3 is 0 Å². The van der Waals surface area contributed by atoms with Gasteiger partial charge in [-0.25, -0.2) is 13.1 Å². The normalized spacial score (nSPS) is 14.1. The third-order valence-electron chi connectivity index (χ3n) is 2.80. The van der Waals surface area contributed by atoms with Gasteiger partial charge in [0, 0.05) is 12.1 Å². The van der Waals surface area contributed by atoms with Crippen LogP contribution in [0.1, 0.15) is 20.8 Å². The highest BCUT2D eigenvalue weighted by molar-refractivity contribution is 7.89. The van der Waals surface area contributed by atoms with Gasteiger partial charge in [0.1, 0.15) is 0 Å². The van der Waals surface area contributed by atoms with Crippen molar-refractivity contribution in [1.29, 1.82) is 0 Å². The summed E-state index contributed by atoms with van der Waals surface area (Å²) in [4.78, 5) is 9.79. The average Bonchev–Trinajstić information content (AvgIpc) is 2.27. The SMILES string of the molecule is CC(O)C(C)(C)NS(=O)(=O)c1ccc([N+](=O)[O-])cc1. The highest BCUT2D eigenvalue weighted by Crippen LogP contribution is 2.18. The Hall–Kier alpha value is -1.51. The van der Waals surface area contributed by atoms with Crippen LogP contribution in [0.25, 0.3) is 0 Å². The van der Waals surface area contributed by atoms with Crippen LogP contribution in [-0.2, 0) is 10.0 Å². The van der Waals surface area contributed by atoms with Gasteiger partial charge in [0.25, 0.3) is 5.69 Å². The molecule has 0 aliphatic carbocycles. The monoisotopic (exact) mass is 288 g/mol. The number of sulfonamides is 1.